The Morgan fingerprint density at radius 3 is 2.53 bits per heavy atom. The standard InChI is InChI=1S/C11H11N5O2S/c1-5-2-3-14-9(8(5)10(17)18)19-11-15-6(12)4-7(13)16-11/h2-4H,1H3,(H,17,18)(H4,12,13,15,16). The molecule has 8 heteroatoms. The highest BCUT2D eigenvalue weighted by Crippen LogP contribution is 2.28. The maximum Gasteiger partial charge on any atom is 0.338 e. The van der Waals surface area contributed by atoms with Crippen molar-refractivity contribution in [3.8, 4) is 0 Å². The van der Waals surface area contributed by atoms with Crippen LogP contribution in [0.15, 0.2) is 28.5 Å². The van der Waals surface area contributed by atoms with E-state index in [4.69, 9.17) is 11.5 Å². The zero-order valence-electron chi connectivity index (χ0n) is 9.99. The van der Waals surface area contributed by atoms with Gasteiger partial charge in [-0.3, -0.25) is 0 Å². The predicted molar refractivity (Wildman–Crippen MR) is 70.9 cm³/mol. The number of anilines is 2. The number of rotatable bonds is 3. The van der Waals surface area contributed by atoms with Crippen molar-refractivity contribution in [1.29, 1.82) is 0 Å². The fourth-order valence-electron chi connectivity index (χ4n) is 1.46. The lowest BCUT2D eigenvalue weighted by atomic mass is 10.2. The number of carboxylic acid groups (broad SMARTS) is 1. The Kier molecular flexibility index (Phi) is 3.52. The third-order valence-corrected chi connectivity index (χ3v) is 3.14. The number of nitrogen functional groups attached to an aromatic ring is 2. The molecule has 7 nitrogen and oxygen atoms in total. The smallest absolute Gasteiger partial charge is 0.338 e. The number of hydrogen-bond acceptors (Lipinski definition) is 7. The molecule has 19 heavy (non-hydrogen) atoms. The Bertz CT molecular complexity index is 627. The molecular weight excluding hydrogens is 266 g/mol. The molecular formula is C11H11N5O2S. The number of aryl methyl sites for hydroxylation is 1. The van der Waals surface area contributed by atoms with Crippen molar-refractivity contribution in [3.63, 3.8) is 0 Å². The maximum absolute atomic E-state index is 11.2. The van der Waals surface area contributed by atoms with Crippen molar-refractivity contribution in [2.24, 2.45) is 0 Å². The highest BCUT2D eigenvalue weighted by molar-refractivity contribution is 7.99. The van der Waals surface area contributed by atoms with Crippen LogP contribution in [0.5, 0.6) is 0 Å². The molecule has 0 unspecified atom stereocenters. The lowest BCUT2D eigenvalue weighted by molar-refractivity contribution is 0.0691. The van der Waals surface area contributed by atoms with E-state index in [0.717, 1.165) is 11.8 Å². The van der Waals surface area contributed by atoms with Crippen molar-refractivity contribution >= 4 is 29.4 Å². The molecule has 0 amide bonds. The summed E-state index contributed by atoms with van der Waals surface area (Å²) in [6.07, 6.45) is 1.53. The summed E-state index contributed by atoms with van der Waals surface area (Å²) in [6, 6.07) is 3.05. The van der Waals surface area contributed by atoms with Crippen LogP contribution in [-0.2, 0) is 0 Å². The molecule has 0 aromatic carbocycles. The highest BCUT2D eigenvalue weighted by Gasteiger charge is 2.16. The van der Waals surface area contributed by atoms with E-state index in [0.29, 0.717) is 10.6 Å². The van der Waals surface area contributed by atoms with Gasteiger partial charge in [-0.2, -0.15) is 0 Å². The zero-order valence-corrected chi connectivity index (χ0v) is 10.8. The minimum atomic E-state index is -1.05. The third-order valence-electron chi connectivity index (χ3n) is 2.27. The lowest BCUT2D eigenvalue weighted by Gasteiger charge is -2.07. The molecule has 2 rings (SSSR count). The Balaban J connectivity index is 2.43. The summed E-state index contributed by atoms with van der Waals surface area (Å²) in [5.74, 6) is -0.607. The Labute approximate surface area is 113 Å². The first-order chi connectivity index (χ1) is 8.97. The van der Waals surface area contributed by atoms with Gasteiger partial charge in [-0.25, -0.2) is 19.7 Å². The van der Waals surface area contributed by atoms with Crippen molar-refractivity contribution in [2.75, 3.05) is 11.5 Å². The SMILES string of the molecule is Cc1ccnc(Sc2nc(N)cc(N)n2)c1C(=O)O. The third kappa shape index (κ3) is 2.91. The zero-order chi connectivity index (χ0) is 14.0. The monoisotopic (exact) mass is 277 g/mol. The summed E-state index contributed by atoms with van der Waals surface area (Å²) in [7, 11) is 0. The van der Waals surface area contributed by atoms with Crippen LogP contribution >= 0.6 is 11.8 Å². The Morgan fingerprint density at radius 1 is 1.32 bits per heavy atom. The van der Waals surface area contributed by atoms with Crippen LogP contribution in [0.1, 0.15) is 15.9 Å². The van der Waals surface area contributed by atoms with Crippen LogP contribution in [0.4, 0.5) is 11.6 Å². The fraction of sp³-hybridized carbons (Fsp3) is 0.0909. The average Bonchev–Trinajstić information content (AvgIpc) is 2.26. The normalized spacial score (nSPS) is 10.4. The second-order valence-corrected chi connectivity index (χ2v) is 4.67. The van der Waals surface area contributed by atoms with E-state index in [1.165, 1.54) is 12.3 Å². The molecule has 2 heterocycles. The van der Waals surface area contributed by atoms with Gasteiger partial charge in [0.1, 0.15) is 16.7 Å². The molecule has 0 saturated carbocycles. The van der Waals surface area contributed by atoms with Crippen molar-refractivity contribution < 1.29 is 9.90 Å². The summed E-state index contributed by atoms with van der Waals surface area (Å²) in [4.78, 5) is 23.2. The molecule has 0 aliphatic carbocycles. The quantitative estimate of drug-likeness (QED) is 0.714. The van der Waals surface area contributed by atoms with E-state index < -0.39 is 5.97 Å². The van der Waals surface area contributed by atoms with E-state index in [-0.39, 0.29) is 22.4 Å². The van der Waals surface area contributed by atoms with Crippen LogP contribution in [0.3, 0.4) is 0 Å². The van der Waals surface area contributed by atoms with Crippen LogP contribution in [0.25, 0.3) is 0 Å². The first-order valence-electron chi connectivity index (χ1n) is 5.24. The van der Waals surface area contributed by atoms with Crippen LogP contribution in [-0.4, -0.2) is 26.0 Å². The van der Waals surface area contributed by atoms with Crippen molar-refractivity contribution in [1.82, 2.24) is 15.0 Å². The van der Waals surface area contributed by atoms with Gasteiger partial charge in [0.05, 0.1) is 5.56 Å². The van der Waals surface area contributed by atoms with Gasteiger partial charge in [-0.15, -0.1) is 0 Å². The van der Waals surface area contributed by atoms with Gasteiger partial charge in [0.2, 0.25) is 0 Å². The predicted octanol–water partition coefficient (Wildman–Crippen LogP) is 1.19. The van der Waals surface area contributed by atoms with Crippen molar-refractivity contribution in [2.45, 2.75) is 17.1 Å². The second-order valence-electron chi connectivity index (χ2n) is 3.72. The number of aromatic nitrogens is 3. The van der Waals surface area contributed by atoms with Crippen molar-refractivity contribution in [3.05, 3.63) is 29.5 Å². The van der Waals surface area contributed by atoms with Gasteiger partial charge in [-0.05, 0) is 30.3 Å². The van der Waals surface area contributed by atoms with E-state index in [2.05, 4.69) is 15.0 Å². The van der Waals surface area contributed by atoms with Crippen LogP contribution < -0.4 is 11.5 Å². The molecule has 2 aromatic rings. The van der Waals surface area contributed by atoms with E-state index in [1.54, 1.807) is 13.0 Å². The van der Waals surface area contributed by atoms with Crippen LogP contribution in [0, 0.1) is 6.92 Å². The molecule has 0 spiro atoms. The van der Waals surface area contributed by atoms with Gasteiger partial charge in [-0.1, -0.05) is 0 Å². The summed E-state index contributed by atoms with van der Waals surface area (Å²) in [5, 5.41) is 9.76. The first-order valence-corrected chi connectivity index (χ1v) is 6.06. The largest absolute Gasteiger partial charge is 0.478 e. The fourth-order valence-corrected chi connectivity index (χ4v) is 2.40. The van der Waals surface area contributed by atoms with Gasteiger partial charge in [0.25, 0.3) is 0 Å². The number of hydrogen-bond donors (Lipinski definition) is 3. The average molecular weight is 277 g/mol. The van der Waals surface area contributed by atoms with E-state index in [9.17, 15) is 9.90 Å². The Hall–Kier alpha value is -2.35. The van der Waals surface area contributed by atoms with Crippen LogP contribution in [0.2, 0.25) is 0 Å². The molecule has 0 saturated heterocycles. The molecule has 98 valence electrons. The summed E-state index contributed by atoms with van der Waals surface area (Å²) in [5.41, 5.74) is 11.9. The van der Waals surface area contributed by atoms with Gasteiger partial charge < -0.3 is 16.6 Å². The molecule has 0 aliphatic rings. The summed E-state index contributed by atoms with van der Waals surface area (Å²) in [6.45, 7) is 1.70. The number of nitrogens with zero attached hydrogens (tertiary/aromatic N) is 3. The van der Waals surface area contributed by atoms with E-state index in [1.807, 2.05) is 0 Å². The highest BCUT2D eigenvalue weighted by atomic mass is 32.2. The molecule has 2 aromatic heterocycles. The number of pyridine rings is 1. The molecule has 0 radical (unpaired) electrons. The molecule has 0 fully saturated rings. The van der Waals surface area contributed by atoms with Gasteiger partial charge in [0.15, 0.2) is 5.16 Å². The first kappa shape index (κ1) is 13.1. The van der Waals surface area contributed by atoms with Gasteiger partial charge in [0, 0.05) is 12.3 Å². The minimum Gasteiger partial charge on any atom is -0.478 e. The number of aromatic carboxylic acids is 1. The summed E-state index contributed by atoms with van der Waals surface area (Å²) >= 11 is 1.01. The second kappa shape index (κ2) is 5.11. The molecule has 0 bridgehead atoms. The number of carbonyl (C=O) groups is 1. The molecule has 0 atom stereocenters. The number of carboxylic acids is 1. The van der Waals surface area contributed by atoms with E-state index >= 15 is 0 Å². The lowest BCUT2D eigenvalue weighted by Crippen LogP contribution is -2.05. The topological polar surface area (TPSA) is 128 Å². The minimum absolute atomic E-state index is 0.122. The number of nitrogens with two attached hydrogens (primary N) is 2. The summed E-state index contributed by atoms with van der Waals surface area (Å²) < 4.78 is 0. The maximum atomic E-state index is 11.2. The Morgan fingerprint density at radius 2 is 1.95 bits per heavy atom. The molecule has 0 aliphatic heterocycles. The van der Waals surface area contributed by atoms with Gasteiger partial charge >= 0.3 is 5.97 Å². The molecule has 5 N–H and O–H groups in total.